The number of fused-ring (bicyclic) bond motifs is 1. The average Bonchev–Trinajstić information content (AvgIpc) is 3.26. The molecular weight excluding hydrogens is 328 g/mol. The molecule has 0 saturated carbocycles. The molecule has 0 spiro atoms. The molecule has 1 unspecified atom stereocenters. The van der Waals surface area contributed by atoms with E-state index >= 15 is 0 Å². The van der Waals surface area contributed by atoms with Gasteiger partial charge < -0.3 is 14.5 Å². The molecule has 0 N–H and O–H groups in total. The van der Waals surface area contributed by atoms with Gasteiger partial charge in [-0.2, -0.15) is 0 Å². The number of rotatable bonds is 3. The standard InChI is InChI=1S/C21H22N2O3/c1-14-4-3-5-15-10-11-22(20(14)15)21(25)16-12-19(24)23(13-16)17-6-8-18(26-2)9-7-17/h3-9,16H,10-13H2,1-2H3. The van der Waals surface area contributed by atoms with E-state index < -0.39 is 0 Å². The maximum Gasteiger partial charge on any atom is 0.232 e. The zero-order valence-corrected chi connectivity index (χ0v) is 15.1. The fraction of sp³-hybridized carbons (Fsp3) is 0.333. The van der Waals surface area contributed by atoms with Crippen LogP contribution >= 0.6 is 0 Å². The number of amides is 2. The summed E-state index contributed by atoms with van der Waals surface area (Å²) >= 11 is 0. The predicted octanol–water partition coefficient (Wildman–Crippen LogP) is 2.95. The summed E-state index contributed by atoms with van der Waals surface area (Å²) in [4.78, 5) is 29.2. The smallest absolute Gasteiger partial charge is 0.232 e. The Bertz CT molecular complexity index is 860. The van der Waals surface area contributed by atoms with Gasteiger partial charge in [-0.1, -0.05) is 18.2 Å². The van der Waals surface area contributed by atoms with Crippen LogP contribution < -0.4 is 14.5 Å². The van der Waals surface area contributed by atoms with E-state index in [-0.39, 0.29) is 24.2 Å². The summed E-state index contributed by atoms with van der Waals surface area (Å²) in [6.07, 6.45) is 1.15. The fourth-order valence-electron chi connectivity index (χ4n) is 3.98. The zero-order valence-electron chi connectivity index (χ0n) is 15.1. The summed E-state index contributed by atoms with van der Waals surface area (Å²) in [6, 6.07) is 13.5. The van der Waals surface area contributed by atoms with Crippen LogP contribution in [-0.2, 0) is 16.0 Å². The molecule has 5 nitrogen and oxygen atoms in total. The number of hydrogen-bond acceptors (Lipinski definition) is 3. The van der Waals surface area contributed by atoms with Crippen molar-refractivity contribution < 1.29 is 14.3 Å². The van der Waals surface area contributed by atoms with Crippen LogP contribution in [0.5, 0.6) is 5.75 Å². The maximum atomic E-state index is 13.1. The van der Waals surface area contributed by atoms with E-state index in [1.165, 1.54) is 5.56 Å². The number of hydrogen-bond donors (Lipinski definition) is 0. The Labute approximate surface area is 153 Å². The van der Waals surface area contributed by atoms with Crippen molar-refractivity contribution in [2.45, 2.75) is 19.8 Å². The summed E-state index contributed by atoms with van der Waals surface area (Å²) in [5, 5.41) is 0. The molecule has 134 valence electrons. The van der Waals surface area contributed by atoms with E-state index in [0.29, 0.717) is 13.1 Å². The maximum absolute atomic E-state index is 13.1. The van der Waals surface area contributed by atoms with Crippen LogP contribution in [0.1, 0.15) is 17.5 Å². The van der Waals surface area contributed by atoms with Gasteiger partial charge in [0, 0.05) is 30.9 Å². The van der Waals surface area contributed by atoms with Crippen molar-refractivity contribution in [2.75, 3.05) is 30.0 Å². The molecule has 2 amide bonds. The summed E-state index contributed by atoms with van der Waals surface area (Å²) in [7, 11) is 1.61. The van der Waals surface area contributed by atoms with E-state index in [1.54, 1.807) is 12.0 Å². The van der Waals surface area contributed by atoms with Gasteiger partial charge in [-0.3, -0.25) is 9.59 Å². The minimum Gasteiger partial charge on any atom is -0.497 e. The van der Waals surface area contributed by atoms with E-state index in [2.05, 4.69) is 6.07 Å². The predicted molar refractivity (Wildman–Crippen MR) is 101 cm³/mol. The third-order valence-electron chi connectivity index (χ3n) is 5.32. The van der Waals surface area contributed by atoms with Gasteiger partial charge in [-0.15, -0.1) is 0 Å². The number of benzene rings is 2. The number of carbonyl (C=O) groups is 2. The Kier molecular flexibility index (Phi) is 4.15. The second kappa shape index (κ2) is 6.48. The minimum absolute atomic E-state index is 0.00211. The van der Waals surface area contributed by atoms with Gasteiger partial charge in [-0.05, 0) is 48.7 Å². The minimum atomic E-state index is -0.296. The van der Waals surface area contributed by atoms with Crippen molar-refractivity contribution in [1.29, 1.82) is 0 Å². The molecule has 0 radical (unpaired) electrons. The first-order chi connectivity index (χ1) is 12.6. The number of carbonyl (C=O) groups excluding carboxylic acids is 2. The first kappa shape index (κ1) is 16.6. The first-order valence-electron chi connectivity index (χ1n) is 8.93. The summed E-state index contributed by atoms with van der Waals surface area (Å²) in [5.41, 5.74) is 4.18. The van der Waals surface area contributed by atoms with Crippen molar-refractivity contribution in [3.63, 3.8) is 0 Å². The molecule has 2 aromatic rings. The van der Waals surface area contributed by atoms with Gasteiger partial charge in [0.25, 0.3) is 0 Å². The van der Waals surface area contributed by atoms with Crippen LogP contribution in [0, 0.1) is 12.8 Å². The number of ether oxygens (including phenoxy) is 1. The van der Waals surface area contributed by atoms with E-state index in [1.807, 2.05) is 48.2 Å². The lowest BCUT2D eigenvalue weighted by Crippen LogP contribution is -2.36. The lowest BCUT2D eigenvalue weighted by molar-refractivity contribution is -0.124. The lowest BCUT2D eigenvalue weighted by atomic mass is 10.1. The number of para-hydroxylation sites is 1. The molecule has 2 heterocycles. The Hall–Kier alpha value is -2.82. The molecule has 2 aromatic carbocycles. The van der Waals surface area contributed by atoms with Gasteiger partial charge in [-0.25, -0.2) is 0 Å². The molecule has 0 aromatic heterocycles. The second-order valence-corrected chi connectivity index (χ2v) is 6.93. The van der Waals surface area contributed by atoms with Gasteiger partial charge in [0.2, 0.25) is 11.8 Å². The van der Waals surface area contributed by atoms with Gasteiger partial charge >= 0.3 is 0 Å². The highest BCUT2D eigenvalue weighted by molar-refractivity contribution is 6.05. The zero-order chi connectivity index (χ0) is 18.3. The molecule has 2 aliphatic rings. The van der Waals surface area contributed by atoms with Gasteiger partial charge in [0.15, 0.2) is 0 Å². The number of methoxy groups -OCH3 is 1. The Morgan fingerprint density at radius 1 is 1.15 bits per heavy atom. The molecule has 0 bridgehead atoms. The van der Waals surface area contributed by atoms with Gasteiger partial charge in [0.05, 0.1) is 13.0 Å². The lowest BCUT2D eigenvalue weighted by Gasteiger charge is -2.23. The summed E-state index contributed by atoms with van der Waals surface area (Å²) in [5.74, 6) is 0.507. The van der Waals surface area contributed by atoms with Crippen molar-refractivity contribution in [3.8, 4) is 5.75 Å². The third-order valence-corrected chi connectivity index (χ3v) is 5.32. The van der Waals surface area contributed by atoms with Gasteiger partial charge in [0.1, 0.15) is 5.75 Å². The molecule has 4 rings (SSSR count). The Morgan fingerprint density at radius 2 is 1.92 bits per heavy atom. The van der Waals surface area contributed by atoms with E-state index in [0.717, 1.165) is 29.1 Å². The monoisotopic (exact) mass is 350 g/mol. The SMILES string of the molecule is COc1ccc(N2CC(C(=O)N3CCc4cccc(C)c43)CC2=O)cc1. The van der Waals surface area contributed by atoms with Crippen LogP contribution in [0.2, 0.25) is 0 Å². The highest BCUT2D eigenvalue weighted by Crippen LogP contribution is 2.35. The normalized spacial score (nSPS) is 19.0. The first-order valence-corrected chi connectivity index (χ1v) is 8.93. The molecule has 5 heteroatoms. The third kappa shape index (κ3) is 2.73. The summed E-state index contributed by atoms with van der Waals surface area (Å²) < 4.78 is 5.17. The molecule has 1 saturated heterocycles. The number of anilines is 2. The molecule has 26 heavy (non-hydrogen) atoms. The topological polar surface area (TPSA) is 49.9 Å². The molecular formula is C21H22N2O3. The molecule has 0 aliphatic carbocycles. The van der Waals surface area contributed by atoms with Crippen molar-refractivity contribution in [2.24, 2.45) is 5.92 Å². The average molecular weight is 350 g/mol. The van der Waals surface area contributed by atoms with Crippen LogP contribution in [-0.4, -0.2) is 32.0 Å². The van der Waals surface area contributed by atoms with Crippen molar-refractivity contribution >= 4 is 23.2 Å². The number of aryl methyl sites for hydroxylation is 1. The quantitative estimate of drug-likeness (QED) is 0.855. The molecule has 2 aliphatic heterocycles. The largest absolute Gasteiger partial charge is 0.497 e. The Balaban J connectivity index is 1.53. The Morgan fingerprint density at radius 3 is 2.65 bits per heavy atom. The summed E-state index contributed by atoms with van der Waals surface area (Å²) in [6.45, 7) is 3.17. The molecule has 1 fully saturated rings. The van der Waals surface area contributed by atoms with E-state index in [9.17, 15) is 9.59 Å². The molecule has 1 atom stereocenters. The van der Waals surface area contributed by atoms with E-state index in [4.69, 9.17) is 4.74 Å². The second-order valence-electron chi connectivity index (χ2n) is 6.93. The number of nitrogens with zero attached hydrogens (tertiary/aromatic N) is 2. The van der Waals surface area contributed by atoms with Crippen LogP contribution in [0.3, 0.4) is 0 Å². The van der Waals surface area contributed by atoms with Crippen LogP contribution in [0.15, 0.2) is 42.5 Å². The fourth-order valence-corrected chi connectivity index (χ4v) is 3.98. The highest BCUT2D eigenvalue weighted by Gasteiger charge is 2.39. The van der Waals surface area contributed by atoms with Crippen LogP contribution in [0.25, 0.3) is 0 Å². The van der Waals surface area contributed by atoms with Crippen LogP contribution in [0.4, 0.5) is 11.4 Å². The van der Waals surface area contributed by atoms with Crippen molar-refractivity contribution in [3.05, 3.63) is 53.6 Å². The highest BCUT2D eigenvalue weighted by atomic mass is 16.5. The van der Waals surface area contributed by atoms with Crippen molar-refractivity contribution in [1.82, 2.24) is 0 Å².